The summed E-state index contributed by atoms with van der Waals surface area (Å²) in [4.78, 5) is 1.02. The lowest BCUT2D eigenvalue weighted by Gasteiger charge is -2.11. The van der Waals surface area contributed by atoms with Crippen LogP contribution in [0.25, 0.3) is 10.9 Å². The van der Waals surface area contributed by atoms with Crippen LogP contribution in [0.3, 0.4) is 0 Å². The Morgan fingerprint density at radius 2 is 2.25 bits per heavy atom. The summed E-state index contributed by atoms with van der Waals surface area (Å²) >= 11 is 1.35. The van der Waals surface area contributed by atoms with Gasteiger partial charge in [-0.25, -0.2) is 0 Å². The van der Waals surface area contributed by atoms with E-state index in [9.17, 15) is 0 Å². The van der Waals surface area contributed by atoms with E-state index in [-0.39, 0.29) is 6.04 Å². The minimum Gasteiger partial charge on any atom is -0.271 e. The van der Waals surface area contributed by atoms with E-state index >= 15 is 0 Å². The molecule has 2 aromatic heterocycles. The number of fused-ring (bicyclic) bond motifs is 1. The molecule has 0 bridgehead atoms. The molecule has 0 saturated carbocycles. The first-order valence-corrected chi connectivity index (χ1v) is 7.28. The van der Waals surface area contributed by atoms with E-state index < -0.39 is 0 Å². The van der Waals surface area contributed by atoms with Crippen molar-refractivity contribution in [1.82, 2.24) is 24.8 Å². The first-order chi connectivity index (χ1) is 9.83. The fourth-order valence-corrected chi connectivity index (χ4v) is 2.91. The largest absolute Gasteiger partial charge is 0.271 e. The van der Waals surface area contributed by atoms with Crippen LogP contribution in [-0.2, 0) is 13.0 Å². The lowest BCUT2D eigenvalue weighted by molar-refractivity contribution is 0.546. The van der Waals surface area contributed by atoms with Crippen molar-refractivity contribution in [3.8, 4) is 0 Å². The monoisotopic (exact) mass is 288 g/mol. The number of rotatable bonds is 5. The number of benzene rings is 1. The maximum Gasteiger partial charge on any atom is 0.0723 e. The van der Waals surface area contributed by atoms with Crippen molar-refractivity contribution in [2.45, 2.75) is 25.9 Å². The average molecular weight is 288 g/mol. The molecule has 1 aromatic carbocycles. The highest BCUT2D eigenvalue weighted by Crippen LogP contribution is 2.24. The summed E-state index contributed by atoms with van der Waals surface area (Å²) in [5, 5.41) is 9.73. The zero-order chi connectivity index (χ0) is 13.9. The van der Waals surface area contributed by atoms with Gasteiger partial charge < -0.3 is 0 Å². The second kappa shape index (κ2) is 5.66. The third kappa shape index (κ3) is 2.31. The fourth-order valence-electron chi connectivity index (χ4n) is 2.35. The molecule has 104 valence electrons. The molecule has 1 unspecified atom stereocenters. The van der Waals surface area contributed by atoms with E-state index in [1.165, 1.54) is 16.9 Å². The molecule has 2 heterocycles. The fraction of sp³-hybridized carbons (Fsp3) is 0.308. The summed E-state index contributed by atoms with van der Waals surface area (Å²) in [6.45, 7) is 2.94. The van der Waals surface area contributed by atoms with Gasteiger partial charge in [0.1, 0.15) is 0 Å². The molecule has 7 heteroatoms. The van der Waals surface area contributed by atoms with Crippen molar-refractivity contribution in [1.29, 1.82) is 0 Å². The van der Waals surface area contributed by atoms with Crippen LogP contribution in [0.15, 0.2) is 30.5 Å². The lowest BCUT2D eigenvalue weighted by Crippen LogP contribution is -2.29. The predicted octanol–water partition coefficient (Wildman–Crippen LogP) is 1.65. The Balaban J connectivity index is 1.98. The molecule has 20 heavy (non-hydrogen) atoms. The zero-order valence-electron chi connectivity index (χ0n) is 11.2. The number of aryl methyl sites for hydroxylation is 1. The molecule has 6 nitrogen and oxygen atoms in total. The second-order valence-corrected chi connectivity index (χ2v) is 5.34. The summed E-state index contributed by atoms with van der Waals surface area (Å²) in [6, 6.07) is 8.24. The van der Waals surface area contributed by atoms with Gasteiger partial charge in [0.2, 0.25) is 0 Å². The summed E-state index contributed by atoms with van der Waals surface area (Å²) in [7, 11) is 0. The highest BCUT2D eigenvalue weighted by atomic mass is 32.1. The van der Waals surface area contributed by atoms with Gasteiger partial charge in [0, 0.05) is 18.4 Å². The van der Waals surface area contributed by atoms with E-state index in [1.54, 1.807) is 6.20 Å². The van der Waals surface area contributed by atoms with Gasteiger partial charge in [-0.3, -0.25) is 16.0 Å². The first-order valence-electron chi connectivity index (χ1n) is 6.51. The van der Waals surface area contributed by atoms with Crippen molar-refractivity contribution in [3.63, 3.8) is 0 Å². The van der Waals surface area contributed by atoms with Crippen LogP contribution in [-0.4, -0.2) is 19.4 Å². The Kier molecular flexibility index (Phi) is 3.72. The summed E-state index contributed by atoms with van der Waals surface area (Å²) in [5.41, 5.74) is 5.02. The maximum atomic E-state index is 5.66. The topological polar surface area (TPSA) is 81.7 Å². The van der Waals surface area contributed by atoms with Gasteiger partial charge in [0.05, 0.1) is 28.3 Å². The highest BCUT2D eigenvalue weighted by Gasteiger charge is 2.17. The van der Waals surface area contributed by atoms with Crippen LogP contribution in [0.1, 0.15) is 23.5 Å². The Morgan fingerprint density at radius 3 is 2.95 bits per heavy atom. The molecule has 3 rings (SSSR count). The van der Waals surface area contributed by atoms with Crippen LogP contribution in [0.5, 0.6) is 0 Å². The van der Waals surface area contributed by atoms with Crippen molar-refractivity contribution < 1.29 is 0 Å². The standard InChI is InChI=1S/C13H16N6S/c1-2-19-12-6-4-3-5-9(12)10(17-19)7-11(16-14)13-8-15-18-20-13/h3-6,8,11,16H,2,7,14H2,1H3. The quantitative estimate of drug-likeness (QED) is 0.551. The van der Waals surface area contributed by atoms with Crippen LogP contribution in [0.4, 0.5) is 0 Å². The minimum atomic E-state index is -0.0152. The van der Waals surface area contributed by atoms with E-state index in [1.807, 2.05) is 16.8 Å². The highest BCUT2D eigenvalue weighted by molar-refractivity contribution is 7.05. The SMILES string of the molecule is CCn1nc(CC(NN)c2cnns2)c2ccccc21. The molecular weight excluding hydrogens is 272 g/mol. The molecular formula is C13H16N6S. The molecule has 3 aromatic rings. The Labute approximate surface area is 120 Å². The Hall–Kier alpha value is -1.83. The molecule has 0 aliphatic rings. The van der Waals surface area contributed by atoms with Gasteiger partial charge in [-0.1, -0.05) is 22.7 Å². The van der Waals surface area contributed by atoms with Crippen LogP contribution < -0.4 is 11.3 Å². The number of hydrogen-bond donors (Lipinski definition) is 2. The van der Waals surface area contributed by atoms with Crippen LogP contribution in [0, 0.1) is 0 Å². The molecule has 0 spiro atoms. The summed E-state index contributed by atoms with van der Waals surface area (Å²) in [5.74, 6) is 5.66. The van der Waals surface area contributed by atoms with Gasteiger partial charge in [-0.2, -0.15) is 5.10 Å². The van der Waals surface area contributed by atoms with Gasteiger partial charge in [0.25, 0.3) is 0 Å². The first kappa shape index (κ1) is 13.2. The maximum absolute atomic E-state index is 5.66. The van der Waals surface area contributed by atoms with Crippen molar-refractivity contribution >= 4 is 22.4 Å². The molecule has 3 N–H and O–H groups in total. The number of para-hydroxylation sites is 1. The second-order valence-electron chi connectivity index (χ2n) is 4.52. The van der Waals surface area contributed by atoms with Gasteiger partial charge in [-0.15, -0.1) is 5.10 Å². The zero-order valence-corrected chi connectivity index (χ0v) is 12.0. The molecule has 1 atom stereocenters. The number of nitrogens with zero attached hydrogens (tertiary/aromatic N) is 4. The van der Waals surface area contributed by atoms with Gasteiger partial charge in [0.15, 0.2) is 0 Å². The molecule has 0 aliphatic carbocycles. The van der Waals surface area contributed by atoms with Crippen molar-refractivity contribution in [2.24, 2.45) is 5.84 Å². The third-order valence-corrected chi connectivity index (χ3v) is 4.13. The number of hydrogen-bond acceptors (Lipinski definition) is 6. The van der Waals surface area contributed by atoms with Crippen molar-refractivity contribution in [2.75, 3.05) is 0 Å². The average Bonchev–Trinajstić information content (AvgIpc) is 3.13. The third-order valence-electron chi connectivity index (χ3n) is 3.35. The Morgan fingerprint density at radius 1 is 1.40 bits per heavy atom. The number of aromatic nitrogens is 4. The molecule has 0 saturated heterocycles. The number of nitrogens with one attached hydrogen (secondary N) is 1. The number of hydrazine groups is 1. The summed E-state index contributed by atoms with van der Waals surface area (Å²) < 4.78 is 5.90. The normalized spacial score (nSPS) is 12.9. The van der Waals surface area contributed by atoms with E-state index in [2.05, 4.69) is 34.1 Å². The molecule has 0 amide bonds. The van der Waals surface area contributed by atoms with E-state index in [0.717, 1.165) is 22.6 Å². The predicted molar refractivity (Wildman–Crippen MR) is 79.1 cm³/mol. The molecule has 0 aliphatic heterocycles. The Bertz CT molecular complexity index is 690. The van der Waals surface area contributed by atoms with Gasteiger partial charge in [-0.05, 0) is 24.5 Å². The van der Waals surface area contributed by atoms with Crippen molar-refractivity contribution in [3.05, 3.63) is 41.0 Å². The smallest absolute Gasteiger partial charge is 0.0723 e. The molecule has 0 radical (unpaired) electrons. The minimum absolute atomic E-state index is 0.0152. The lowest BCUT2D eigenvalue weighted by atomic mass is 10.1. The van der Waals surface area contributed by atoms with Gasteiger partial charge >= 0.3 is 0 Å². The van der Waals surface area contributed by atoms with E-state index in [4.69, 9.17) is 10.9 Å². The molecule has 0 fully saturated rings. The summed E-state index contributed by atoms with van der Waals surface area (Å²) in [6.07, 6.45) is 2.46. The van der Waals surface area contributed by atoms with Crippen LogP contribution >= 0.6 is 11.5 Å². The van der Waals surface area contributed by atoms with E-state index in [0.29, 0.717) is 6.42 Å². The number of nitrogens with two attached hydrogens (primary N) is 1. The van der Waals surface area contributed by atoms with Crippen LogP contribution in [0.2, 0.25) is 0 Å².